The minimum absolute atomic E-state index is 0.00251. The molecular formula is C17H14Cl2N4O3S. The van der Waals surface area contributed by atoms with Gasteiger partial charge in [0.05, 0.1) is 15.6 Å². The van der Waals surface area contributed by atoms with E-state index >= 15 is 0 Å². The van der Waals surface area contributed by atoms with Crippen molar-refractivity contribution in [3.05, 3.63) is 69.8 Å². The molecule has 0 aliphatic rings. The van der Waals surface area contributed by atoms with Crippen LogP contribution in [0.4, 0.5) is 5.69 Å². The smallest absolute Gasteiger partial charge is 0.267 e. The maximum absolute atomic E-state index is 12.2. The van der Waals surface area contributed by atoms with E-state index in [0.29, 0.717) is 5.02 Å². The van der Waals surface area contributed by atoms with Crippen molar-refractivity contribution in [1.29, 1.82) is 5.26 Å². The standard InChI is InChI=1S/C17H14Cl2N4O3S/c18-13-3-6-15(19)16(7-13)23-17(24)12(8-20)10-22-9-11-1-4-14(5-2-11)27(21,25)26/h1-7,10,22H,9H2,(H,23,24)(H2,21,25,26)/b12-10-. The van der Waals surface area contributed by atoms with Gasteiger partial charge in [0.2, 0.25) is 10.0 Å². The molecule has 7 nitrogen and oxygen atoms in total. The van der Waals surface area contributed by atoms with E-state index in [1.807, 2.05) is 0 Å². The first kappa shape index (κ1) is 20.7. The average molecular weight is 425 g/mol. The van der Waals surface area contributed by atoms with Gasteiger partial charge in [0.1, 0.15) is 11.6 Å². The molecule has 27 heavy (non-hydrogen) atoms. The van der Waals surface area contributed by atoms with Crippen LogP contribution in [0.5, 0.6) is 0 Å². The molecule has 140 valence electrons. The number of carbonyl (C=O) groups excluding carboxylic acids is 1. The number of hydrogen-bond donors (Lipinski definition) is 3. The normalized spacial score (nSPS) is 11.6. The van der Waals surface area contributed by atoms with Gasteiger partial charge in [0.25, 0.3) is 5.91 Å². The molecule has 0 heterocycles. The minimum Gasteiger partial charge on any atom is -0.386 e. The SMILES string of the molecule is N#C/C(=C/NCc1ccc(S(N)(=O)=O)cc1)C(=O)Nc1cc(Cl)ccc1Cl. The van der Waals surface area contributed by atoms with Crippen LogP contribution in [-0.4, -0.2) is 14.3 Å². The number of amides is 1. The van der Waals surface area contributed by atoms with Crippen molar-refractivity contribution in [3.8, 4) is 6.07 Å². The number of nitriles is 1. The first-order valence-corrected chi connectivity index (χ1v) is 9.72. The number of nitrogens with two attached hydrogens (primary N) is 1. The van der Waals surface area contributed by atoms with Gasteiger partial charge in [-0.2, -0.15) is 5.26 Å². The summed E-state index contributed by atoms with van der Waals surface area (Å²) in [5.74, 6) is -0.654. The summed E-state index contributed by atoms with van der Waals surface area (Å²) in [6.07, 6.45) is 1.25. The quantitative estimate of drug-likeness (QED) is 0.485. The molecule has 0 aromatic heterocycles. The van der Waals surface area contributed by atoms with E-state index in [1.54, 1.807) is 24.3 Å². The van der Waals surface area contributed by atoms with Crippen LogP contribution < -0.4 is 15.8 Å². The Bertz CT molecular complexity index is 1030. The number of benzene rings is 2. The largest absolute Gasteiger partial charge is 0.386 e. The van der Waals surface area contributed by atoms with Crippen molar-refractivity contribution in [3.63, 3.8) is 0 Å². The summed E-state index contributed by atoms with van der Waals surface area (Å²) in [5.41, 5.74) is 0.843. The number of nitrogens with zero attached hydrogens (tertiary/aromatic N) is 1. The van der Waals surface area contributed by atoms with Crippen LogP contribution in [0, 0.1) is 11.3 Å². The number of halogens is 2. The van der Waals surface area contributed by atoms with Crippen molar-refractivity contribution in [2.24, 2.45) is 5.14 Å². The van der Waals surface area contributed by atoms with E-state index in [9.17, 15) is 13.2 Å². The van der Waals surface area contributed by atoms with Crippen LogP contribution in [0.15, 0.2) is 59.1 Å². The summed E-state index contributed by atoms with van der Waals surface area (Å²) in [6.45, 7) is 0.265. The summed E-state index contributed by atoms with van der Waals surface area (Å²) in [5, 5.41) is 20.2. The van der Waals surface area contributed by atoms with E-state index in [4.69, 9.17) is 33.6 Å². The fourth-order valence-electron chi connectivity index (χ4n) is 2.00. The van der Waals surface area contributed by atoms with Crippen molar-refractivity contribution in [1.82, 2.24) is 5.32 Å². The molecule has 2 aromatic rings. The van der Waals surface area contributed by atoms with Crippen LogP contribution in [-0.2, 0) is 21.4 Å². The third kappa shape index (κ3) is 5.98. The molecular weight excluding hydrogens is 411 g/mol. The molecule has 0 bridgehead atoms. The summed E-state index contributed by atoms with van der Waals surface area (Å²) >= 11 is 11.8. The number of carbonyl (C=O) groups is 1. The average Bonchev–Trinajstić information content (AvgIpc) is 2.61. The lowest BCUT2D eigenvalue weighted by Gasteiger charge is -2.08. The van der Waals surface area contributed by atoms with Crippen LogP contribution in [0.25, 0.3) is 0 Å². The number of primary sulfonamides is 1. The Balaban J connectivity index is 2.02. The predicted octanol–water partition coefficient (Wildman–Crippen LogP) is 2.78. The lowest BCUT2D eigenvalue weighted by Crippen LogP contribution is -2.17. The number of nitrogens with one attached hydrogen (secondary N) is 2. The maximum Gasteiger partial charge on any atom is 0.267 e. The Kier molecular flexibility index (Phi) is 6.82. The highest BCUT2D eigenvalue weighted by atomic mass is 35.5. The predicted molar refractivity (Wildman–Crippen MR) is 103 cm³/mol. The molecule has 10 heteroatoms. The lowest BCUT2D eigenvalue weighted by molar-refractivity contribution is -0.112. The second-order valence-electron chi connectivity index (χ2n) is 5.32. The molecule has 0 unspecified atom stereocenters. The minimum atomic E-state index is -3.75. The maximum atomic E-state index is 12.2. The summed E-state index contributed by atoms with van der Waals surface area (Å²) in [7, 11) is -3.75. The van der Waals surface area contributed by atoms with Gasteiger partial charge in [0.15, 0.2) is 0 Å². The molecule has 1 amide bonds. The van der Waals surface area contributed by atoms with Gasteiger partial charge in [-0.3, -0.25) is 4.79 Å². The number of anilines is 1. The molecule has 0 aliphatic carbocycles. The van der Waals surface area contributed by atoms with Gasteiger partial charge >= 0.3 is 0 Å². The van der Waals surface area contributed by atoms with Crippen LogP contribution >= 0.6 is 23.2 Å². The van der Waals surface area contributed by atoms with Gasteiger partial charge in [-0.15, -0.1) is 0 Å². The van der Waals surface area contributed by atoms with Gasteiger partial charge in [-0.05, 0) is 35.9 Å². The summed E-state index contributed by atoms with van der Waals surface area (Å²) in [4.78, 5) is 12.2. The van der Waals surface area contributed by atoms with E-state index in [2.05, 4.69) is 10.6 Å². The molecule has 2 aromatic carbocycles. The second kappa shape index (κ2) is 8.88. The number of sulfonamides is 1. The van der Waals surface area contributed by atoms with Crippen molar-refractivity contribution in [2.45, 2.75) is 11.4 Å². The van der Waals surface area contributed by atoms with Crippen molar-refractivity contribution < 1.29 is 13.2 Å². The number of hydrogen-bond acceptors (Lipinski definition) is 5. The zero-order valence-electron chi connectivity index (χ0n) is 13.7. The van der Waals surface area contributed by atoms with Crippen LogP contribution in [0.1, 0.15) is 5.56 Å². The zero-order chi connectivity index (χ0) is 20.0. The Morgan fingerprint density at radius 3 is 2.44 bits per heavy atom. The fraction of sp³-hybridized carbons (Fsp3) is 0.0588. The lowest BCUT2D eigenvalue weighted by atomic mass is 10.2. The topological polar surface area (TPSA) is 125 Å². The zero-order valence-corrected chi connectivity index (χ0v) is 16.1. The summed E-state index contributed by atoms with van der Waals surface area (Å²) in [6, 6.07) is 12.2. The van der Waals surface area contributed by atoms with E-state index in [1.165, 1.54) is 30.5 Å². The first-order chi connectivity index (χ1) is 12.7. The highest BCUT2D eigenvalue weighted by molar-refractivity contribution is 7.89. The Labute approximate surface area is 166 Å². The Hall–Kier alpha value is -2.57. The van der Waals surface area contributed by atoms with E-state index < -0.39 is 15.9 Å². The third-order valence-corrected chi connectivity index (χ3v) is 4.84. The second-order valence-corrected chi connectivity index (χ2v) is 7.72. The van der Waals surface area contributed by atoms with Gasteiger partial charge in [-0.25, -0.2) is 13.6 Å². The first-order valence-electron chi connectivity index (χ1n) is 7.42. The molecule has 0 aliphatic heterocycles. The molecule has 4 N–H and O–H groups in total. The van der Waals surface area contributed by atoms with Crippen molar-refractivity contribution >= 4 is 44.8 Å². The Morgan fingerprint density at radius 2 is 1.85 bits per heavy atom. The highest BCUT2D eigenvalue weighted by Crippen LogP contribution is 2.25. The molecule has 0 atom stereocenters. The number of rotatable bonds is 6. The Morgan fingerprint density at radius 1 is 1.19 bits per heavy atom. The van der Waals surface area contributed by atoms with Gasteiger partial charge in [0, 0.05) is 17.8 Å². The highest BCUT2D eigenvalue weighted by Gasteiger charge is 2.12. The van der Waals surface area contributed by atoms with Gasteiger partial charge in [-0.1, -0.05) is 35.3 Å². The molecule has 0 fully saturated rings. The van der Waals surface area contributed by atoms with E-state index in [-0.39, 0.29) is 27.7 Å². The van der Waals surface area contributed by atoms with Crippen LogP contribution in [0.2, 0.25) is 10.0 Å². The molecule has 0 saturated heterocycles. The molecule has 0 spiro atoms. The molecule has 2 rings (SSSR count). The molecule has 0 saturated carbocycles. The van der Waals surface area contributed by atoms with E-state index in [0.717, 1.165) is 5.56 Å². The monoisotopic (exact) mass is 424 g/mol. The fourth-order valence-corrected chi connectivity index (χ4v) is 2.85. The van der Waals surface area contributed by atoms with Crippen LogP contribution in [0.3, 0.4) is 0 Å². The van der Waals surface area contributed by atoms with Gasteiger partial charge < -0.3 is 10.6 Å². The van der Waals surface area contributed by atoms with Crippen molar-refractivity contribution in [2.75, 3.05) is 5.32 Å². The third-order valence-electron chi connectivity index (χ3n) is 3.35. The molecule has 0 radical (unpaired) electrons. The summed E-state index contributed by atoms with van der Waals surface area (Å²) < 4.78 is 22.4.